The van der Waals surface area contributed by atoms with Crippen molar-refractivity contribution in [2.45, 2.75) is 39.4 Å². The van der Waals surface area contributed by atoms with Gasteiger partial charge in [0, 0.05) is 35.3 Å². The van der Waals surface area contributed by atoms with Gasteiger partial charge < -0.3 is 15.0 Å². The molecule has 1 saturated heterocycles. The van der Waals surface area contributed by atoms with Crippen LogP contribution in [0, 0.1) is 0 Å². The first-order valence-corrected chi connectivity index (χ1v) is 7.73. The van der Waals surface area contributed by atoms with Crippen molar-refractivity contribution >= 4 is 21.6 Å². The maximum absolute atomic E-state index is 5.53. The van der Waals surface area contributed by atoms with E-state index in [1.165, 1.54) is 11.3 Å². The van der Waals surface area contributed by atoms with Gasteiger partial charge in [-0.1, -0.05) is 29.8 Å². The smallest absolute Gasteiger partial charge is 0.0668 e. The molecule has 4 heteroatoms. The third kappa shape index (κ3) is 3.94. The van der Waals surface area contributed by atoms with Gasteiger partial charge in [0.25, 0.3) is 0 Å². The Morgan fingerprint density at radius 1 is 1.47 bits per heavy atom. The molecule has 1 heterocycles. The summed E-state index contributed by atoms with van der Waals surface area (Å²) in [6, 6.07) is 7.48. The van der Waals surface area contributed by atoms with Gasteiger partial charge in [0.05, 0.1) is 13.2 Å². The van der Waals surface area contributed by atoms with Crippen LogP contribution in [0.1, 0.15) is 26.3 Å². The van der Waals surface area contributed by atoms with Gasteiger partial charge in [-0.3, -0.25) is 0 Å². The van der Waals surface area contributed by atoms with Crippen LogP contribution in [0.3, 0.4) is 0 Å². The van der Waals surface area contributed by atoms with Gasteiger partial charge in [-0.25, -0.2) is 0 Å². The molecule has 1 fully saturated rings. The molecule has 1 aromatic rings. The first kappa shape index (κ1) is 14.8. The highest BCUT2D eigenvalue weighted by Crippen LogP contribution is 2.27. The summed E-state index contributed by atoms with van der Waals surface area (Å²) in [5.74, 6) is 0. The fraction of sp³-hybridized carbons (Fsp3) is 0.600. The number of nitrogens with one attached hydrogen (secondary N) is 1. The largest absolute Gasteiger partial charge is 0.377 e. The number of halogens is 1. The van der Waals surface area contributed by atoms with Crippen molar-refractivity contribution in [2.75, 3.05) is 24.7 Å². The van der Waals surface area contributed by atoms with Gasteiger partial charge in [-0.05, 0) is 30.7 Å². The van der Waals surface area contributed by atoms with Crippen LogP contribution in [0.2, 0.25) is 0 Å². The first-order valence-electron chi connectivity index (χ1n) is 6.94. The van der Waals surface area contributed by atoms with Crippen LogP contribution < -0.4 is 10.2 Å². The molecule has 0 aliphatic carbocycles. The normalized spacial score (nSPS) is 20.1. The molecule has 2 rings (SSSR count). The summed E-state index contributed by atoms with van der Waals surface area (Å²) >= 11 is 3.57. The second kappa shape index (κ2) is 6.73. The Labute approximate surface area is 124 Å². The van der Waals surface area contributed by atoms with E-state index in [1.807, 2.05) is 0 Å². The summed E-state index contributed by atoms with van der Waals surface area (Å²) in [7, 11) is 0. The Kier molecular flexibility index (Phi) is 5.25. The monoisotopic (exact) mass is 326 g/mol. The Hall–Kier alpha value is -0.580. The zero-order valence-corrected chi connectivity index (χ0v) is 13.5. The lowest BCUT2D eigenvalue weighted by Gasteiger charge is -2.36. The molecular formula is C15H23BrN2O. The first-order chi connectivity index (χ1) is 9.08. The van der Waals surface area contributed by atoms with Crippen molar-refractivity contribution in [3.8, 4) is 0 Å². The van der Waals surface area contributed by atoms with Crippen molar-refractivity contribution < 1.29 is 4.74 Å². The second-order valence-corrected chi connectivity index (χ2v) is 6.34. The molecule has 0 amide bonds. The maximum Gasteiger partial charge on any atom is 0.0668 e. The third-order valence-corrected chi connectivity index (χ3v) is 3.91. The average Bonchev–Trinajstić information content (AvgIpc) is 2.37. The molecule has 0 spiro atoms. The maximum atomic E-state index is 5.53. The Bertz CT molecular complexity index is 423. The molecule has 1 atom stereocenters. The van der Waals surface area contributed by atoms with Crippen molar-refractivity contribution in [3.63, 3.8) is 0 Å². The Morgan fingerprint density at radius 2 is 2.26 bits per heavy atom. The minimum atomic E-state index is 0.438. The molecule has 106 valence electrons. The summed E-state index contributed by atoms with van der Waals surface area (Å²) in [6.07, 6.45) is 0. The summed E-state index contributed by atoms with van der Waals surface area (Å²) in [4.78, 5) is 2.45. The Morgan fingerprint density at radius 3 is 2.95 bits per heavy atom. The van der Waals surface area contributed by atoms with Crippen molar-refractivity contribution in [2.24, 2.45) is 0 Å². The molecule has 1 aliphatic heterocycles. The molecule has 1 unspecified atom stereocenters. The minimum absolute atomic E-state index is 0.438. The number of morpholine rings is 1. The van der Waals surface area contributed by atoms with Crippen LogP contribution in [0.15, 0.2) is 22.7 Å². The topological polar surface area (TPSA) is 24.5 Å². The fourth-order valence-electron chi connectivity index (χ4n) is 2.37. The molecule has 0 saturated carbocycles. The van der Waals surface area contributed by atoms with Crippen molar-refractivity contribution in [1.29, 1.82) is 0 Å². The molecular weight excluding hydrogens is 304 g/mol. The molecule has 19 heavy (non-hydrogen) atoms. The lowest BCUT2D eigenvalue weighted by molar-refractivity contribution is 0.0988. The van der Waals surface area contributed by atoms with Crippen LogP contribution >= 0.6 is 15.9 Å². The van der Waals surface area contributed by atoms with E-state index in [2.05, 4.69) is 65.1 Å². The molecule has 3 nitrogen and oxygen atoms in total. The third-order valence-electron chi connectivity index (χ3n) is 3.42. The van der Waals surface area contributed by atoms with E-state index >= 15 is 0 Å². The molecule has 0 radical (unpaired) electrons. The molecule has 1 aliphatic rings. The van der Waals surface area contributed by atoms with E-state index < -0.39 is 0 Å². The highest BCUT2D eigenvalue weighted by atomic mass is 79.9. The predicted octanol–water partition coefficient (Wildman–Crippen LogP) is 3.17. The molecule has 0 aromatic heterocycles. The lowest BCUT2D eigenvalue weighted by Crippen LogP contribution is -2.44. The second-order valence-electron chi connectivity index (χ2n) is 5.43. The van der Waals surface area contributed by atoms with Crippen LogP contribution in [0.25, 0.3) is 0 Å². The molecule has 0 bridgehead atoms. The van der Waals surface area contributed by atoms with Crippen molar-refractivity contribution in [3.05, 3.63) is 28.2 Å². The predicted molar refractivity (Wildman–Crippen MR) is 83.7 cm³/mol. The lowest BCUT2D eigenvalue weighted by atomic mass is 10.1. The van der Waals surface area contributed by atoms with Gasteiger partial charge in [0.1, 0.15) is 0 Å². The van der Waals surface area contributed by atoms with Crippen LogP contribution in [0.4, 0.5) is 5.69 Å². The van der Waals surface area contributed by atoms with Crippen LogP contribution in [-0.2, 0) is 11.3 Å². The Balaban J connectivity index is 2.22. The summed E-state index contributed by atoms with van der Waals surface area (Å²) in [6.45, 7) is 10.1. The number of hydrogen-bond acceptors (Lipinski definition) is 3. The van der Waals surface area contributed by atoms with Gasteiger partial charge in [-0.15, -0.1) is 0 Å². The quantitative estimate of drug-likeness (QED) is 0.919. The van der Waals surface area contributed by atoms with Crippen LogP contribution in [-0.4, -0.2) is 31.8 Å². The molecule has 1 N–H and O–H groups in total. The summed E-state index contributed by atoms with van der Waals surface area (Å²) in [5, 5.41) is 3.50. The van der Waals surface area contributed by atoms with Gasteiger partial charge in [0.2, 0.25) is 0 Å². The number of hydrogen-bond donors (Lipinski definition) is 1. The van der Waals surface area contributed by atoms with Gasteiger partial charge in [0.15, 0.2) is 0 Å². The van der Waals surface area contributed by atoms with E-state index in [0.29, 0.717) is 12.1 Å². The van der Waals surface area contributed by atoms with Gasteiger partial charge >= 0.3 is 0 Å². The van der Waals surface area contributed by atoms with E-state index in [1.54, 1.807) is 0 Å². The molecule has 1 aromatic carbocycles. The number of nitrogens with zero attached hydrogens (tertiary/aromatic N) is 1. The van der Waals surface area contributed by atoms with Crippen LogP contribution in [0.5, 0.6) is 0 Å². The highest BCUT2D eigenvalue weighted by molar-refractivity contribution is 9.10. The summed E-state index contributed by atoms with van der Waals surface area (Å²) < 4.78 is 6.67. The van der Waals surface area contributed by atoms with Crippen molar-refractivity contribution in [1.82, 2.24) is 5.32 Å². The fourth-order valence-corrected chi connectivity index (χ4v) is 2.78. The SMILES string of the molecule is CC(C)NCc1cc(Br)ccc1N1CCOCC1C. The van der Waals surface area contributed by atoms with E-state index in [0.717, 1.165) is 30.8 Å². The number of benzene rings is 1. The number of ether oxygens (including phenoxy) is 1. The number of anilines is 1. The van der Waals surface area contributed by atoms with Gasteiger partial charge in [-0.2, -0.15) is 0 Å². The number of rotatable bonds is 4. The zero-order valence-electron chi connectivity index (χ0n) is 11.9. The zero-order chi connectivity index (χ0) is 13.8. The van der Waals surface area contributed by atoms with E-state index in [-0.39, 0.29) is 0 Å². The highest BCUT2D eigenvalue weighted by Gasteiger charge is 2.21. The minimum Gasteiger partial charge on any atom is -0.377 e. The van der Waals surface area contributed by atoms with E-state index in [4.69, 9.17) is 4.74 Å². The summed E-state index contributed by atoms with van der Waals surface area (Å²) in [5.41, 5.74) is 2.67. The standard InChI is InChI=1S/C15H23BrN2O/c1-11(2)17-9-13-8-14(16)4-5-15(13)18-6-7-19-10-12(18)3/h4-5,8,11-12,17H,6-7,9-10H2,1-3H3. The van der Waals surface area contributed by atoms with E-state index in [9.17, 15) is 0 Å². The average molecular weight is 327 g/mol.